The Bertz CT molecular complexity index is 839. The number of amidine groups is 1. The van der Waals surface area contributed by atoms with Crippen molar-refractivity contribution in [1.29, 1.82) is 0 Å². The molecule has 2 saturated heterocycles. The van der Waals surface area contributed by atoms with Crippen molar-refractivity contribution in [3.63, 3.8) is 0 Å². The van der Waals surface area contributed by atoms with E-state index >= 15 is 0 Å². The number of rotatable bonds is 7. The van der Waals surface area contributed by atoms with Crippen LogP contribution >= 0.6 is 11.8 Å². The van der Waals surface area contributed by atoms with Crippen LogP contribution in [-0.2, 0) is 25.8 Å². The first-order valence-electron chi connectivity index (χ1n) is 8.85. The van der Waals surface area contributed by atoms with Crippen LogP contribution in [0.1, 0.15) is 24.8 Å². The van der Waals surface area contributed by atoms with Gasteiger partial charge in [-0.1, -0.05) is 42.1 Å². The minimum Gasteiger partial charge on any atom is -0.481 e. The van der Waals surface area contributed by atoms with Crippen molar-refractivity contribution in [2.75, 3.05) is 18.1 Å². The molecule has 9 heteroatoms. The highest BCUT2D eigenvalue weighted by Gasteiger charge is 2.48. The molecule has 0 aliphatic carbocycles. The molecule has 1 aromatic rings. The summed E-state index contributed by atoms with van der Waals surface area (Å²) in [6, 6.07) is 9.72. The van der Waals surface area contributed by atoms with E-state index in [-0.39, 0.29) is 48.0 Å². The molecular formula is C18H22N2O5S2. The smallest absolute Gasteiger partial charge is 0.303 e. The molecule has 2 fully saturated rings. The first kappa shape index (κ1) is 19.9. The van der Waals surface area contributed by atoms with Gasteiger partial charge in [-0.25, -0.2) is 8.42 Å². The van der Waals surface area contributed by atoms with Crippen LogP contribution in [0.5, 0.6) is 0 Å². The van der Waals surface area contributed by atoms with Crippen LogP contribution in [0.25, 0.3) is 0 Å². The highest BCUT2D eigenvalue weighted by molar-refractivity contribution is 8.15. The number of carboxylic acid groups (broad SMARTS) is 1. The first-order valence-corrected chi connectivity index (χ1v) is 11.5. The number of carbonyl (C=O) groups excluding carboxylic acids is 1. The second-order valence-corrected chi connectivity index (χ2v) is 10.1. The number of carbonyl (C=O) groups is 2. The lowest BCUT2D eigenvalue weighted by Gasteiger charge is -2.24. The van der Waals surface area contributed by atoms with Gasteiger partial charge in [-0.05, 0) is 18.4 Å². The summed E-state index contributed by atoms with van der Waals surface area (Å²) in [5.41, 5.74) is 1.14. The second-order valence-electron chi connectivity index (χ2n) is 6.76. The van der Waals surface area contributed by atoms with Crippen molar-refractivity contribution in [3.8, 4) is 0 Å². The van der Waals surface area contributed by atoms with Crippen molar-refractivity contribution in [2.24, 2.45) is 4.99 Å². The summed E-state index contributed by atoms with van der Waals surface area (Å²) < 4.78 is 24.0. The Morgan fingerprint density at radius 3 is 2.63 bits per heavy atom. The summed E-state index contributed by atoms with van der Waals surface area (Å²) in [4.78, 5) is 28.8. The predicted molar refractivity (Wildman–Crippen MR) is 105 cm³/mol. The van der Waals surface area contributed by atoms with Crippen molar-refractivity contribution < 1.29 is 23.1 Å². The third kappa shape index (κ3) is 5.32. The SMILES string of the molecule is O=C(O)CCCC(=O)N=C1S[C@H]2CS(=O)(=O)C[C@@H]2N1CCc1ccccc1. The van der Waals surface area contributed by atoms with E-state index in [1.165, 1.54) is 11.8 Å². The molecule has 0 radical (unpaired) electrons. The molecule has 0 saturated carbocycles. The predicted octanol–water partition coefficient (Wildman–Crippen LogP) is 1.58. The summed E-state index contributed by atoms with van der Waals surface area (Å²) in [5.74, 6) is -1.09. The Kier molecular flexibility index (Phi) is 6.21. The maximum atomic E-state index is 12.1. The van der Waals surface area contributed by atoms with Crippen molar-refractivity contribution >= 4 is 38.6 Å². The summed E-state index contributed by atoms with van der Waals surface area (Å²) in [6.45, 7) is 0.592. The quantitative estimate of drug-likeness (QED) is 0.728. The van der Waals surface area contributed by atoms with E-state index in [0.29, 0.717) is 11.7 Å². The van der Waals surface area contributed by atoms with Gasteiger partial charge in [-0.3, -0.25) is 9.59 Å². The molecule has 0 spiro atoms. The van der Waals surface area contributed by atoms with Crippen LogP contribution in [0, 0.1) is 0 Å². The zero-order chi connectivity index (χ0) is 19.4. The van der Waals surface area contributed by atoms with Gasteiger partial charge in [0.05, 0.1) is 17.5 Å². The number of thioether (sulfide) groups is 1. The molecule has 1 aromatic carbocycles. The van der Waals surface area contributed by atoms with Crippen LogP contribution in [0.3, 0.4) is 0 Å². The average Bonchev–Trinajstić information content (AvgIpc) is 3.04. The zero-order valence-corrected chi connectivity index (χ0v) is 16.4. The van der Waals surface area contributed by atoms with E-state index in [1.54, 1.807) is 0 Å². The number of fused-ring (bicyclic) bond motifs is 1. The zero-order valence-electron chi connectivity index (χ0n) is 14.8. The normalized spacial score (nSPS) is 24.9. The van der Waals surface area contributed by atoms with Gasteiger partial charge in [0.2, 0.25) is 5.91 Å². The van der Waals surface area contributed by atoms with Crippen LogP contribution in [0.4, 0.5) is 0 Å². The fourth-order valence-electron chi connectivity index (χ4n) is 3.34. The van der Waals surface area contributed by atoms with Crippen molar-refractivity contribution in [2.45, 2.75) is 37.0 Å². The maximum absolute atomic E-state index is 12.1. The Morgan fingerprint density at radius 2 is 1.93 bits per heavy atom. The van der Waals surface area contributed by atoms with E-state index in [4.69, 9.17) is 5.11 Å². The highest BCUT2D eigenvalue weighted by atomic mass is 32.2. The fraction of sp³-hybridized carbons (Fsp3) is 0.500. The third-order valence-electron chi connectivity index (χ3n) is 4.66. The van der Waals surface area contributed by atoms with E-state index in [2.05, 4.69) is 4.99 Å². The molecule has 3 rings (SSSR count). The summed E-state index contributed by atoms with van der Waals surface area (Å²) in [6.07, 6.45) is 0.999. The lowest BCUT2D eigenvalue weighted by molar-refractivity contribution is -0.137. The van der Waals surface area contributed by atoms with E-state index in [1.807, 2.05) is 35.2 Å². The molecule has 1 amide bonds. The molecule has 0 bridgehead atoms. The molecule has 1 N–H and O–H groups in total. The van der Waals surface area contributed by atoms with Gasteiger partial charge in [0.25, 0.3) is 0 Å². The summed E-state index contributed by atoms with van der Waals surface area (Å²) >= 11 is 1.35. The van der Waals surface area contributed by atoms with Crippen LogP contribution < -0.4 is 0 Å². The van der Waals surface area contributed by atoms with Crippen molar-refractivity contribution in [3.05, 3.63) is 35.9 Å². The molecular weight excluding hydrogens is 388 g/mol. The lowest BCUT2D eigenvalue weighted by Crippen LogP contribution is -2.39. The van der Waals surface area contributed by atoms with Gasteiger partial charge in [0.15, 0.2) is 15.0 Å². The van der Waals surface area contributed by atoms with Crippen molar-refractivity contribution in [1.82, 2.24) is 4.90 Å². The summed E-state index contributed by atoms with van der Waals surface area (Å²) in [5, 5.41) is 9.14. The molecule has 27 heavy (non-hydrogen) atoms. The maximum Gasteiger partial charge on any atom is 0.303 e. The van der Waals surface area contributed by atoms with Crippen LogP contribution in [0.2, 0.25) is 0 Å². The summed E-state index contributed by atoms with van der Waals surface area (Å²) in [7, 11) is -3.06. The molecule has 2 aliphatic heterocycles. The van der Waals surface area contributed by atoms with E-state index in [0.717, 1.165) is 12.0 Å². The van der Waals surface area contributed by atoms with E-state index in [9.17, 15) is 18.0 Å². The second kappa shape index (κ2) is 8.43. The van der Waals surface area contributed by atoms with Gasteiger partial charge in [-0.15, -0.1) is 0 Å². The third-order valence-corrected chi connectivity index (χ3v) is 7.91. The molecule has 2 aliphatic rings. The molecule has 146 valence electrons. The Labute approximate surface area is 162 Å². The van der Waals surface area contributed by atoms with Gasteiger partial charge in [0.1, 0.15) is 0 Å². The van der Waals surface area contributed by atoms with Crippen LogP contribution in [0.15, 0.2) is 35.3 Å². The number of carboxylic acids is 1. The van der Waals surface area contributed by atoms with Gasteiger partial charge in [-0.2, -0.15) is 4.99 Å². The number of hydrogen-bond acceptors (Lipinski definition) is 5. The first-order chi connectivity index (χ1) is 12.8. The number of aliphatic carboxylic acids is 1. The fourth-order valence-corrected chi connectivity index (χ4v) is 7.34. The number of benzene rings is 1. The Balaban J connectivity index is 1.70. The van der Waals surface area contributed by atoms with Gasteiger partial charge < -0.3 is 10.0 Å². The van der Waals surface area contributed by atoms with Gasteiger partial charge >= 0.3 is 5.97 Å². The standard InChI is InChI=1S/C18H22N2O5S2/c21-16(7-4-8-17(22)23)19-18-20(10-9-13-5-2-1-3-6-13)14-11-27(24,25)12-15(14)26-18/h1-3,5-6,14-15H,4,7-12H2,(H,22,23)/t14-,15-/m0/s1. The number of amides is 1. The van der Waals surface area contributed by atoms with E-state index < -0.39 is 15.8 Å². The molecule has 0 unspecified atom stereocenters. The minimum atomic E-state index is -3.06. The monoisotopic (exact) mass is 410 g/mol. The largest absolute Gasteiger partial charge is 0.481 e. The lowest BCUT2D eigenvalue weighted by atomic mass is 10.1. The van der Waals surface area contributed by atoms with Crippen LogP contribution in [-0.4, -0.2) is 64.8 Å². The number of sulfone groups is 1. The molecule has 0 aromatic heterocycles. The molecule has 2 atom stereocenters. The topological polar surface area (TPSA) is 104 Å². The number of aliphatic imine (C=N–C) groups is 1. The Hall–Kier alpha value is -1.87. The molecule has 2 heterocycles. The number of hydrogen-bond donors (Lipinski definition) is 1. The average molecular weight is 411 g/mol. The molecule has 7 nitrogen and oxygen atoms in total. The number of nitrogens with zero attached hydrogens (tertiary/aromatic N) is 2. The highest BCUT2D eigenvalue weighted by Crippen LogP contribution is 2.38. The Morgan fingerprint density at radius 1 is 1.19 bits per heavy atom. The van der Waals surface area contributed by atoms with Gasteiger partial charge in [0, 0.05) is 24.6 Å². The minimum absolute atomic E-state index is 0.0645.